The van der Waals surface area contributed by atoms with E-state index in [1.165, 1.54) is 0 Å². The van der Waals surface area contributed by atoms with Gasteiger partial charge < -0.3 is 19.7 Å². The molecule has 1 rings (SSSR count). The average molecular weight is 339 g/mol. The second kappa shape index (κ2) is 7.73. The van der Waals surface area contributed by atoms with Crippen LogP contribution in [0.3, 0.4) is 0 Å². The van der Waals surface area contributed by atoms with Crippen LogP contribution in [-0.4, -0.2) is 47.9 Å². The molecule has 0 aromatic carbocycles. The largest absolute Gasteiger partial charge is 0.444 e. The van der Waals surface area contributed by atoms with Gasteiger partial charge in [-0.2, -0.15) is 5.26 Å². The summed E-state index contributed by atoms with van der Waals surface area (Å²) in [7, 11) is 0. The summed E-state index contributed by atoms with van der Waals surface area (Å²) in [4.78, 5) is 25.6. The third kappa shape index (κ3) is 7.07. The van der Waals surface area contributed by atoms with Crippen molar-refractivity contribution in [2.75, 3.05) is 19.6 Å². The lowest BCUT2D eigenvalue weighted by Gasteiger charge is -2.36. The van der Waals surface area contributed by atoms with E-state index in [0.29, 0.717) is 19.5 Å². The fraction of sp³-hybridized carbons (Fsp3) is 0.824. The summed E-state index contributed by atoms with van der Waals surface area (Å²) >= 11 is 0. The lowest BCUT2D eigenvalue weighted by molar-refractivity contribution is 0.0130. The Labute approximate surface area is 144 Å². The third-order valence-electron chi connectivity index (χ3n) is 3.46. The molecule has 1 aliphatic heterocycles. The van der Waals surface area contributed by atoms with Gasteiger partial charge in [-0.1, -0.05) is 0 Å². The maximum atomic E-state index is 12.2. The molecule has 0 spiro atoms. The molecule has 136 valence electrons. The van der Waals surface area contributed by atoms with Gasteiger partial charge in [-0.25, -0.2) is 9.59 Å². The van der Waals surface area contributed by atoms with Gasteiger partial charge in [0.15, 0.2) is 0 Å². The van der Waals surface area contributed by atoms with E-state index in [4.69, 9.17) is 9.47 Å². The average Bonchev–Trinajstić information content (AvgIpc) is 2.41. The molecule has 1 saturated heterocycles. The number of alkyl carbamates (subject to hydrolysis) is 1. The Morgan fingerprint density at radius 2 is 1.75 bits per heavy atom. The maximum absolute atomic E-state index is 12.2. The number of rotatable bonds is 2. The van der Waals surface area contributed by atoms with Crippen molar-refractivity contribution in [3.05, 3.63) is 0 Å². The molecule has 2 atom stereocenters. The fourth-order valence-corrected chi connectivity index (χ4v) is 2.43. The van der Waals surface area contributed by atoms with E-state index in [-0.39, 0.29) is 24.5 Å². The van der Waals surface area contributed by atoms with Crippen molar-refractivity contribution in [2.24, 2.45) is 11.8 Å². The molecule has 0 unspecified atom stereocenters. The van der Waals surface area contributed by atoms with Gasteiger partial charge in [0.25, 0.3) is 0 Å². The molecule has 7 heteroatoms. The summed E-state index contributed by atoms with van der Waals surface area (Å²) < 4.78 is 10.6. The zero-order valence-electron chi connectivity index (χ0n) is 15.5. The Morgan fingerprint density at radius 1 is 1.17 bits per heavy atom. The standard InChI is InChI=1S/C17H29N3O4/c1-16(2,3)23-14(21)19-10-13-11-20(8-7-12(13)9-18)15(22)24-17(4,5)6/h12-13H,7-8,10-11H2,1-6H3,(H,19,21)/t12-,13-/m1/s1. The van der Waals surface area contributed by atoms with Crippen LogP contribution in [0.2, 0.25) is 0 Å². The van der Waals surface area contributed by atoms with E-state index >= 15 is 0 Å². The van der Waals surface area contributed by atoms with Crippen LogP contribution in [0.4, 0.5) is 9.59 Å². The van der Waals surface area contributed by atoms with Gasteiger partial charge in [0, 0.05) is 25.6 Å². The first-order valence-corrected chi connectivity index (χ1v) is 8.25. The van der Waals surface area contributed by atoms with Crippen molar-refractivity contribution in [3.63, 3.8) is 0 Å². The van der Waals surface area contributed by atoms with Crippen LogP contribution in [0.15, 0.2) is 0 Å². The highest BCUT2D eigenvalue weighted by Gasteiger charge is 2.34. The number of ether oxygens (including phenoxy) is 2. The molecule has 0 bridgehead atoms. The second-order valence-corrected chi connectivity index (χ2v) is 8.09. The number of nitrogens with one attached hydrogen (secondary N) is 1. The Balaban J connectivity index is 2.61. The lowest BCUT2D eigenvalue weighted by atomic mass is 9.86. The quantitative estimate of drug-likeness (QED) is 0.835. The Kier molecular flexibility index (Phi) is 6.47. The maximum Gasteiger partial charge on any atom is 0.410 e. The molecule has 1 fully saturated rings. The van der Waals surface area contributed by atoms with Crippen LogP contribution < -0.4 is 5.32 Å². The molecular weight excluding hydrogens is 310 g/mol. The minimum Gasteiger partial charge on any atom is -0.444 e. The van der Waals surface area contributed by atoms with Crippen LogP contribution in [-0.2, 0) is 9.47 Å². The number of nitriles is 1. The minimum atomic E-state index is -0.576. The van der Waals surface area contributed by atoms with E-state index in [0.717, 1.165) is 0 Å². The monoisotopic (exact) mass is 339 g/mol. The third-order valence-corrected chi connectivity index (χ3v) is 3.46. The SMILES string of the molecule is CC(C)(C)OC(=O)NC[C@@H]1CN(C(=O)OC(C)(C)C)CC[C@@H]1C#N. The predicted molar refractivity (Wildman–Crippen MR) is 89.3 cm³/mol. The highest BCUT2D eigenvalue weighted by atomic mass is 16.6. The van der Waals surface area contributed by atoms with E-state index in [9.17, 15) is 14.9 Å². The number of piperidine rings is 1. The molecule has 1 N–H and O–H groups in total. The molecule has 1 aliphatic rings. The molecule has 2 amide bonds. The molecule has 0 aromatic heterocycles. The topological polar surface area (TPSA) is 91.7 Å². The van der Waals surface area contributed by atoms with E-state index in [1.807, 2.05) is 20.8 Å². The van der Waals surface area contributed by atoms with Crippen LogP contribution in [0.1, 0.15) is 48.0 Å². The molecule has 1 heterocycles. The van der Waals surface area contributed by atoms with Gasteiger partial charge in [-0.3, -0.25) is 0 Å². The lowest BCUT2D eigenvalue weighted by Crippen LogP contribution is -2.49. The van der Waals surface area contributed by atoms with Crippen molar-refractivity contribution < 1.29 is 19.1 Å². The molecule has 0 saturated carbocycles. The molecular formula is C17H29N3O4. The number of hydrogen-bond acceptors (Lipinski definition) is 5. The minimum absolute atomic E-state index is 0.149. The number of likely N-dealkylation sites (tertiary alicyclic amines) is 1. The number of amides is 2. The number of carbonyl (C=O) groups is 2. The zero-order valence-corrected chi connectivity index (χ0v) is 15.5. The van der Waals surface area contributed by atoms with E-state index in [1.54, 1.807) is 25.7 Å². The number of hydrogen-bond donors (Lipinski definition) is 1. The summed E-state index contributed by atoms with van der Waals surface area (Å²) in [6, 6.07) is 2.26. The van der Waals surface area contributed by atoms with Crippen LogP contribution >= 0.6 is 0 Å². The van der Waals surface area contributed by atoms with Crippen LogP contribution in [0, 0.1) is 23.2 Å². The van der Waals surface area contributed by atoms with Gasteiger partial charge in [0.2, 0.25) is 0 Å². The normalized spacial score (nSPS) is 21.6. The van der Waals surface area contributed by atoms with Gasteiger partial charge >= 0.3 is 12.2 Å². The van der Waals surface area contributed by atoms with Crippen LogP contribution in [0.5, 0.6) is 0 Å². The van der Waals surface area contributed by atoms with E-state index in [2.05, 4.69) is 11.4 Å². The summed E-state index contributed by atoms with van der Waals surface area (Å²) in [6.07, 6.45) is -0.342. The number of carbonyl (C=O) groups excluding carboxylic acids is 2. The van der Waals surface area contributed by atoms with Crippen molar-refractivity contribution in [1.82, 2.24) is 10.2 Å². The highest BCUT2D eigenvalue weighted by Crippen LogP contribution is 2.24. The fourth-order valence-electron chi connectivity index (χ4n) is 2.43. The zero-order chi connectivity index (χ0) is 18.5. The van der Waals surface area contributed by atoms with Crippen molar-refractivity contribution in [2.45, 2.75) is 59.2 Å². The van der Waals surface area contributed by atoms with Gasteiger partial charge in [-0.15, -0.1) is 0 Å². The summed E-state index contributed by atoms with van der Waals surface area (Å²) in [5.41, 5.74) is -1.14. The molecule has 7 nitrogen and oxygen atoms in total. The highest BCUT2D eigenvalue weighted by molar-refractivity contribution is 5.69. The first kappa shape index (κ1) is 20.1. The molecule has 0 aliphatic carbocycles. The predicted octanol–water partition coefficient (Wildman–Crippen LogP) is 2.91. The Bertz CT molecular complexity index is 499. The smallest absolute Gasteiger partial charge is 0.410 e. The first-order valence-electron chi connectivity index (χ1n) is 8.25. The molecule has 0 radical (unpaired) electrons. The first-order chi connectivity index (χ1) is 10.9. The van der Waals surface area contributed by atoms with Crippen molar-refractivity contribution in [1.29, 1.82) is 5.26 Å². The van der Waals surface area contributed by atoms with Gasteiger partial charge in [0.1, 0.15) is 11.2 Å². The van der Waals surface area contributed by atoms with Gasteiger partial charge in [-0.05, 0) is 48.0 Å². The summed E-state index contributed by atoms with van der Waals surface area (Å²) in [5.74, 6) is -0.359. The molecule has 24 heavy (non-hydrogen) atoms. The van der Waals surface area contributed by atoms with Crippen LogP contribution in [0.25, 0.3) is 0 Å². The van der Waals surface area contributed by atoms with E-state index < -0.39 is 17.3 Å². The Morgan fingerprint density at radius 3 is 2.25 bits per heavy atom. The van der Waals surface area contributed by atoms with Crippen molar-refractivity contribution >= 4 is 12.2 Å². The van der Waals surface area contributed by atoms with Gasteiger partial charge in [0.05, 0.1) is 12.0 Å². The Hall–Kier alpha value is -1.97. The summed E-state index contributed by atoms with van der Waals surface area (Å²) in [6.45, 7) is 11.9. The number of nitrogens with zero attached hydrogens (tertiary/aromatic N) is 2. The molecule has 0 aromatic rings. The summed E-state index contributed by atoms with van der Waals surface area (Å²) in [5, 5.41) is 12.0. The second-order valence-electron chi connectivity index (χ2n) is 8.09. The van der Waals surface area contributed by atoms with Crippen molar-refractivity contribution in [3.8, 4) is 6.07 Å².